The van der Waals surface area contributed by atoms with Crippen molar-refractivity contribution < 1.29 is 9.59 Å². The van der Waals surface area contributed by atoms with E-state index in [1.54, 1.807) is 0 Å². The lowest BCUT2D eigenvalue weighted by molar-refractivity contribution is -0.128. The Morgan fingerprint density at radius 3 is 2.87 bits per heavy atom. The summed E-state index contributed by atoms with van der Waals surface area (Å²) >= 11 is 0. The predicted octanol–water partition coefficient (Wildman–Crippen LogP) is 3.51. The Morgan fingerprint density at radius 2 is 2.13 bits per heavy atom. The molecule has 3 amide bonds. The van der Waals surface area contributed by atoms with Gasteiger partial charge >= 0.3 is 6.03 Å². The number of carbonyl (C=O) groups is 2. The summed E-state index contributed by atoms with van der Waals surface area (Å²) in [6, 6.07) is 7.52. The average molecular weight is 317 g/mol. The first-order valence-electron chi connectivity index (χ1n) is 8.60. The molecule has 0 aliphatic carbocycles. The summed E-state index contributed by atoms with van der Waals surface area (Å²) in [6.07, 6.45) is 6.16. The first kappa shape index (κ1) is 17.3. The van der Waals surface area contributed by atoms with Gasteiger partial charge in [-0.1, -0.05) is 38.3 Å². The molecule has 1 heterocycles. The number of nitrogens with one attached hydrogen (secondary N) is 2. The van der Waals surface area contributed by atoms with Crippen LogP contribution in [0.4, 0.5) is 10.5 Å². The Labute approximate surface area is 138 Å². The van der Waals surface area contributed by atoms with Crippen molar-refractivity contribution in [2.24, 2.45) is 0 Å². The highest BCUT2D eigenvalue weighted by Gasteiger charge is 2.19. The highest BCUT2D eigenvalue weighted by Crippen LogP contribution is 2.17. The van der Waals surface area contributed by atoms with Crippen LogP contribution in [0, 0.1) is 0 Å². The maximum Gasteiger partial charge on any atom is 0.319 e. The van der Waals surface area contributed by atoms with Gasteiger partial charge in [0.2, 0.25) is 5.91 Å². The molecule has 1 aliphatic rings. The predicted molar refractivity (Wildman–Crippen MR) is 92.3 cm³/mol. The molecule has 0 atom stereocenters. The van der Waals surface area contributed by atoms with Crippen LogP contribution in [-0.4, -0.2) is 29.9 Å². The summed E-state index contributed by atoms with van der Waals surface area (Å²) in [4.78, 5) is 25.4. The highest BCUT2D eigenvalue weighted by atomic mass is 16.2. The molecule has 0 radical (unpaired) electrons. The smallest absolute Gasteiger partial charge is 0.319 e. The fraction of sp³-hybridized carbons (Fsp3) is 0.556. The van der Waals surface area contributed by atoms with E-state index in [1.807, 2.05) is 29.2 Å². The number of hydrogen-bond donors (Lipinski definition) is 2. The lowest BCUT2D eigenvalue weighted by Crippen LogP contribution is -2.29. The second-order valence-corrected chi connectivity index (χ2v) is 6.06. The quantitative estimate of drug-likeness (QED) is 0.721. The van der Waals surface area contributed by atoms with Crippen LogP contribution in [0.3, 0.4) is 0 Å². The molecule has 5 heteroatoms. The Kier molecular flexibility index (Phi) is 6.91. The normalized spacial score (nSPS) is 14.1. The van der Waals surface area contributed by atoms with E-state index in [9.17, 15) is 9.59 Å². The van der Waals surface area contributed by atoms with Gasteiger partial charge in [0.05, 0.1) is 0 Å². The maximum atomic E-state index is 11.9. The highest BCUT2D eigenvalue weighted by molar-refractivity contribution is 5.89. The van der Waals surface area contributed by atoms with Gasteiger partial charge in [0, 0.05) is 31.7 Å². The fourth-order valence-electron chi connectivity index (χ4n) is 2.77. The number of unbranched alkanes of at least 4 members (excludes halogenated alkanes) is 3. The van der Waals surface area contributed by atoms with Crippen molar-refractivity contribution in [2.45, 2.75) is 52.0 Å². The number of urea groups is 1. The van der Waals surface area contributed by atoms with E-state index in [4.69, 9.17) is 0 Å². The van der Waals surface area contributed by atoms with Crippen LogP contribution in [0.2, 0.25) is 0 Å². The summed E-state index contributed by atoms with van der Waals surface area (Å²) in [6.45, 7) is 4.32. The van der Waals surface area contributed by atoms with E-state index in [0.29, 0.717) is 19.5 Å². The maximum absolute atomic E-state index is 11.9. The summed E-state index contributed by atoms with van der Waals surface area (Å²) in [5, 5.41) is 5.73. The van der Waals surface area contributed by atoms with E-state index >= 15 is 0 Å². The van der Waals surface area contributed by atoms with Crippen LogP contribution in [-0.2, 0) is 11.3 Å². The third-order valence-corrected chi connectivity index (χ3v) is 4.05. The second-order valence-electron chi connectivity index (χ2n) is 6.06. The Bertz CT molecular complexity index is 531. The molecule has 2 N–H and O–H groups in total. The fourth-order valence-corrected chi connectivity index (χ4v) is 2.77. The number of amides is 3. The molecule has 1 aromatic rings. The van der Waals surface area contributed by atoms with Crippen LogP contribution < -0.4 is 10.6 Å². The summed E-state index contributed by atoms with van der Waals surface area (Å²) in [5.41, 5.74) is 1.81. The van der Waals surface area contributed by atoms with Gasteiger partial charge in [-0.2, -0.15) is 0 Å². The third kappa shape index (κ3) is 5.93. The zero-order valence-corrected chi connectivity index (χ0v) is 13.9. The third-order valence-electron chi connectivity index (χ3n) is 4.05. The van der Waals surface area contributed by atoms with Crippen molar-refractivity contribution in [1.82, 2.24) is 10.2 Å². The SMILES string of the molecule is CCCCCCNC(=O)Nc1cccc(CN2CCCC2=O)c1. The minimum absolute atomic E-state index is 0.170. The molecular weight excluding hydrogens is 290 g/mol. The number of anilines is 1. The van der Waals surface area contributed by atoms with Crippen molar-refractivity contribution in [3.8, 4) is 0 Å². The van der Waals surface area contributed by atoms with Gasteiger partial charge < -0.3 is 15.5 Å². The molecule has 2 rings (SSSR count). The summed E-state index contributed by atoms with van der Waals surface area (Å²) < 4.78 is 0. The molecule has 1 fully saturated rings. The van der Waals surface area contributed by atoms with E-state index in [1.165, 1.54) is 12.8 Å². The Balaban J connectivity index is 1.77. The van der Waals surface area contributed by atoms with Gasteiger partial charge in [-0.15, -0.1) is 0 Å². The van der Waals surface area contributed by atoms with Crippen LogP contribution in [0.25, 0.3) is 0 Å². The molecule has 23 heavy (non-hydrogen) atoms. The van der Waals surface area contributed by atoms with E-state index < -0.39 is 0 Å². The zero-order valence-electron chi connectivity index (χ0n) is 13.9. The van der Waals surface area contributed by atoms with Crippen molar-refractivity contribution in [1.29, 1.82) is 0 Å². The first-order chi connectivity index (χ1) is 11.2. The van der Waals surface area contributed by atoms with Crippen molar-refractivity contribution in [2.75, 3.05) is 18.4 Å². The second kappa shape index (κ2) is 9.18. The summed E-state index contributed by atoms with van der Waals surface area (Å²) in [7, 11) is 0. The van der Waals surface area contributed by atoms with Gasteiger partial charge in [0.25, 0.3) is 0 Å². The summed E-state index contributed by atoms with van der Waals surface area (Å²) in [5.74, 6) is 0.216. The molecule has 1 aliphatic heterocycles. The first-order valence-corrected chi connectivity index (χ1v) is 8.60. The average Bonchev–Trinajstić information content (AvgIpc) is 2.92. The van der Waals surface area contributed by atoms with E-state index in [2.05, 4.69) is 17.6 Å². The number of rotatable bonds is 8. The van der Waals surface area contributed by atoms with Crippen molar-refractivity contribution in [3.63, 3.8) is 0 Å². The Morgan fingerprint density at radius 1 is 1.26 bits per heavy atom. The molecule has 0 bridgehead atoms. The van der Waals surface area contributed by atoms with Gasteiger partial charge in [-0.25, -0.2) is 4.79 Å². The number of carbonyl (C=O) groups excluding carboxylic acids is 2. The van der Waals surface area contributed by atoms with E-state index in [0.717, 1.165) is 37.1 Å². The number of likely N-dealkylation sites (tertiary alicyclic amines) is 1. The van der Waals surface area contributed by atoms with E-state index in [-0.39, 0.29) is 11.9 Å². The molecule has 0 spiro atoms. The molecule has 1 aromatic carbocycles. The lowest BCUT2D eigenvalue weighted by Gasteiger charge is -2.16. The van der Waals surface area contributed by atoms with Crippen molar-refractivity contribution >= 4 is 17.6 Å². The molecule has 0 aromatic heterocycles. The molecule has 0 unspecified atom stereocenters. The van der Waals surface area contributed by atoms with Crippen LogP contribution in [0.15, 0.2) is 24.3 Å². The number of nitrogens with zero attached hydrogens (tertiary/aromatic N) is 1. The number of benzene rings is 1. The molecule has 126 valence electrons. The van der Waals surface area contributed by atoms with Crippen LogP contribution in [0.5, 0.6) is 0 Å². The molecular formula is C18H27N3O2. The van der Waals surface area contributed by atoms with Gasteiger partial charge in [0.15, 0.2) is 0 Å². The zero-order chi connectivity index (χ0) is 16.5. The Hall–Kier alpha value is -2.04. The van der Waals surface area contributed by atoms with Crippen LogP contribution >= 0.6 is 0 Å². The lowest BCUT2D eigenvalue weighted by atomic mass is 10.2. The minimum Gasteiger partial charge on any atom is -0.338 e. The van der Waals surface area contributed by atoms with Crippen LogP contribution in [0.1, 0.15) is 51.0 Å². The van der Waals surface area contributed by atoms with Gasteiger partial charge in [0.1, 0.15) is 0 Å². The monoisotopic (exact) mass is 317 g/mol. The van der Waals surface area contributed by atoms with Gasteiger partial charge in [-0.3, -0.25) is 4.79 Å². The topological polar surface area (TPSA) is 61.4 Å². The minimum atomic E-state index is -0.170. The molecule has 1 saturated heterocycles. The largest absolute Gasteiger partial charge is 0.338 e. The molecule has 0 saturated carbocycles. The van der Waals surface area contributed by atoms with Gasteiger partial charge in [-0.05, 0) is 30.5 Å². The standard InChI is InChI=1S/C18H27N3O2/c1-2-3-4-5-11-19-18(23)20-16-9-6-8-15(13-16)14-21-12-7-10-17(21)22/h6,8-9,13H,2-5,7,10-12,14H2,1H3,(H2,19,20,23). The number of hydrogen-bond acceptors (Lipinski definition) is 2. The molecule has 5 nitrogen and oxygen atoms in total. The van der Waals surface area contributed by atoms with Crippen molar-refractivity contribution in [3.05, 3.63) is 29.8 Å².